The van der Waals surface area contributed by atoms with Crippen molar-refractivity contribution in [3.8, 4) is 23.1 Å². The molecule has 0 fully saturated rings. The highest BCUT2D eigenvalue weighted by atomic mass is 16.5. The summed E-state index contributed by atoms with van der Waals surface area (Å²) < 4.78 is 13.0. The van der Waals surface area contributed by atoms with Crippen molar-refractivity contribution < 1.29 is 9.47 Å². The molecule has 6 heteroatoms. The third-order valence-electron chi connectivity index (χ3n) is 4.50. The molecule has 0 aliphatic heterocycles. The number of aromatic nitrogens is 2. The summed E-state index contributed by atoms with van der Waals surface area (Å²) in [6.07, 6.45) is 3.72. The van der Waals surface area contributed by atoms with Gasteiger partial charge >= 0.3 is 0 Å². The molecule has 3 rings (SSSR count). The molecule has 0 unspecified atom stereocenters. The van der Waals surface area contributed by atoms with E-state index in [9.17, 15) is 0 Å². The second kappa shape index (κ2) is 8.61. The van der Waals surface area contributed by atoms with Gasteiger partial charge in [0.15, 0.2) is 0 Å². The van der Waals surface area contributed by atoms with Crippen LogP contribution in [0.1, 0.15) is 18.1 Å². The summed E-state index contributed by atoms with van der Waals surface area (Å²) in [4.78, 5) is 6.59. The summed E-state index contributed by atoms with van der Waals surface area (Å²) in [6, 6.07) is 13.6. The number of hydrogen-bond acceptors (Lipinski definition) is 4. The Kier molecular flexibility index (Phi) is 5.99. The standard InChI is InChI=1S/C22H26N4O2/c1-6-25(4)15-23-20-13-17(3)21(14-16(20)2)28-22-11-12-26(24-22)18-7-9-19(27-5)10-8-18/h7-15H,6H2,1-5H3. The lowest BCUT2D eigenvalue weighted by Gasteiger charge is -2.11. The first-order valence-corrected chi connectivity index (χ1v) is 9.23. The van der Waals surface area contributed by atoms with Crippen molar-refractivity contribution in [2.75, 3.05) is 20.7 Å². The van der Waals surface area contributed by atoms with E-state index in [1.54, 1.807) is 11.8 Å². The highest BCUT2D eigenvalue weighted by molar-refractivity contribution is 5.64. The highest BCUT2D eigenvalue weighted by Crippen LogP contribution is 2.31. The Hall–Kier alpha value is -3.28. The summed E-state index contributed by atoms with van der Waals surface area (Å²) in [5, 5.41) is 4.51. The number of nitrogens with zero attached hydrogens (tertiary/aromatic N) is 4. The number of benzene rings is 2. The fourth-order valence-electron chi connectivity index (χ4n) is 2.62. The van der Waals surface area contributed by atoms with Gasteiger partial charge in [-0.2, -0.15) is 0 Å². The van der Waals surface area contributed by atoms with Crippen LogP contribution >= 0.6 is 0 Å². The smallest absolute Gasteiger partial charge is 0.238 e. The number of rotatable bonds is 7. The van der Waals surface area contributed by atoms with Gasteiger partial charge in [-0.1, -0.05) is 0 Å². The monoisotopic (exact) mass is 378 g/mol. The molecule has 0 N–H and O–H groups in total. The van der Waals surface area contributed by atoms with Crippen LogP contribution in [0.3, 0.4) is 0 Å². The Morgan fingerprint density at radius 3 is 2.54 bits per heavy atom. The maximum Gasteiger partial charge on any atom is 0.238 e. The summed E-state index contributed by atoms with van der Waals surface area (Å²) in [7, 11) is 3.65. The van der Waals surface area contributed by atoms with E-state index in [0.29, 0.717) is 5.88 Å². The van der Waals surface area contributed by atoms with Crippen molar-refractivity contribution in [2.45, 2.75) is 20.8 Å². The Morgan fingerprint density at radius 2 is 1.86 bits per heavy atom. The van der Waals surface area contributed by atoms with E-state index in [2.05, 4.69) is 17.0 Å². The Morgan fingerprint density at radius 1 is 1.11 bits per heavy atom. The Bertz CT molecular complexity index is 961. The quantitative estimate of drug-likeness (QED) is 0.433. The number of methoxy groups -OCH3 is 1. The molecule has 0 spiro atoms. The van der Waals surface area contributed by atoms with Crippen LogP contribution in [0.15, 0.2) is 53.7 Å². The van der Waals surface area contributed by atoms with Gasteiger partial charge in [0.1, 0.15) is 11.5 Å². The lowest BCUT2D eigenvalue weighted by atomic mass is 10.1. The number of aryl methyl sites for hydroxylation is 2. The highest BCUT2D eigenvalue weighted by Gasteiger charge is 2.09. The van der Waals surface area contributed by atoms with Crippen LogP contribution in [0, 0.1) is 13.8 Å². The first kappa shape index (κ1) is 19.5. The predicted octanol–water partition coefficient (Wildman–Crippen LogP) is 4.90. The largest absolute Gasteiger partial charge is 0.497 e. The molecule has 0 radical (unpaired) electrons. The molecule has 0 aliphatic rings. The van der Waals surface area contributed by atoms with Gasteiger partial charge in [0.2, 0.25) is 5.88 Å². The summed E-state index contributed by atoms with van der Waals surface area (Å²) in [5.74, 6) is 2.13. The topological polar surface area (TPSA) is 51.9 Å². The van der Waals surface area contributed by atoms with Gasteiger partial charge in [0.25, 0.3) is 0 Å². The van der Waals surface area contributed by atoms with Crippen LogP contribution in [-0.2, 0) is 0 Å². The molecule has 0 bridgehead atoms. The molecule has 3 aromatic rings. The van der Waals surface area contributed by atoms with Crippen molar-refractivity contribution in [1.82, 2.24) is 14.7 Å². The molecule has 1 heterocycles. The SMILES string of the molecule is CCN(C)C=Nc1cc(C)c(Oc2ccn(-c3ccc(OC)cc3)n2)cc1C. The maximum atomic E-state index is 6.02. The molecular weight excluding hydrogens is 352 g/mol. The van der Waals surface area contributed by atoms with Gasteiger partial charge in [-0.25, -0.2) is 9.67 Å². The number of aliphatic imine (C=N–C) groups is 1. The third-order valence-corrected chi connectivity index (χ3v) is 4.50. The van der Waals surface area contributed by atoms with Crippen molar-refractivity contribution in [1.29, 1.82) is 0 Å². The van der Waals surface area contributed by atoms with Crippen molar-refractivity contribution >= 4 is 12.0 Å². The first-order chi connectivity index (χ1) is 13.5. The molecule has 2 aromatic carbocycles. The van der Waals surface area contributed by atoms with E-state index in [-0.39, 0.29) is 0 Å². The molecule has 0 amide bonds. The molecule has 0 atom stereocenters. The van der Waals surface area contributed by atoms with Gasteiger partial charge in [-0.15, -0.1) is 5.10 Å². The summed E-state index contributed by atoms with van der Waals surface area (Å²) >= 11 is 0. The second-order valence-electron chi connectivity index (χ2n) is 6.62. The van der Waals surface area contributed by atoms with Crippen LogP contribution in [0.4, 0.5) is 5.69 Å². The van der Waals surface area contributed by atoms with Crippen molar-refractivity contribution in [2.24, 2.45) is 4.99 Å². The van der Waals surface area contributed by atoms with Gasteiger partial charge in [-0.3, -0.25) is 0 Å². The Labute approximate surface area is 166 Å². The molecule has 28 heavy (non-hydrogen) atoms. The Balaban J connectivity index is 1.77. The average Bonchev–Trinajstić information content (AvgIpc) is 3.17. The molecule has 146 valence electrons. The van der Waals surface area contributed by atoms with E-state index in [0.717, 1.165) is 40.5 Å². The first-order valence-electron chi connectivity index (χ1n) is 9.23. The minimum atomic E-state index is 0.542. The lowest BCUT2D eigenvalue weighted by Crippen LogP contribution is -2.14. The van der Waals surface area contributed by atoms with Gasteiger partial charge in [0, 0.05) is 25.9 Å². The second-order valence-corrected chi connectivity index (χ2v) is 6.62. The third kappa shape index (κ3) is 4.52. The average molecular weight is 378 g/mol. The van der Waals surface area contributed by atoms with Crippen LogP contribution in [0.2, 0.25) is 0 Å². The van der Waals surface area contributed by atoms with E-state index in [1.165, 1.54) is 0 Å². The van der Waals surface area contributed by atoms with E-state index < -0.39 is 0 Å². The molecule has 6 nitrogen and oxygen atoms in total. The zero-order valence-corrected chi connectivity index (χ0v) is 17.0. The molecular formula is C22H26N4O2. The fourth-order valence-corrected chi connectivity index (χ4v) is 2.62. The van der Waals surface area contributed by atoms with E-state index in [4.69, 9.17) is 9.47 Å². The van der Waals surface area contributed by atoms with Crippen LogP contribution in [-0.4, -0.2) is 41.7 Å². The summed E-state index contributed by atoms with van der Waals surface area (Å²) in [6.45, 7) is 7.05. The number of ether oxygens (including phenoxy) is 2. The molecule has 0 saturated carbocycles. The van der Waals surface area contributed by atoms with Crippen molar-refractivity contribution in [3.05, 3.63) is 59.8 Å². The van der Waals surface area contributed by atoms with E-state index >= 15 is 0 Å². The van der Waals surface area contributed by atoms with Gasteiger partial charge in [0.05, 0.1) is 24.8 Å². The zero-order chi connectivity index (χ0) is 20.1. The van der Waals surface area contributed by atoms with Gasteiger partial charge in [-0.05, 0) is 68.3 Å². The zero-order valence-electron chi connectivity index (χ0n) is 17.0. The molecule has 0 saturated heterocycles. The normalized spacial score (nSPS) is 11.0. The fraction of sp³-hybridized carbons (Fsp3) is 0.273. The molecule has 0 aliphatic carbocycles. The molecule has 1 aromatic heterocycles. The van der Waals surface area contributed by atoms with Crippen LogP contribution in [0.5, 0.6) is 17.4 Å². The maximum absolute atomic E-state index is 6.02. The summed E-state index contributed by atoms with van der Waals surface area (Å²) in [5.41, 5.74) is 3.94. The number of hydrogen-bond donors (Lipinski definition) is 0. The minimum absolute atomic E-state index is 0.542. The minimum Gasteiger partial charge on any atom is -0.497 e. The van der Waals surface area contributed by atoms with Gasteiger partial charge < -0.3 is 14.4 Å². The van der Waals surface area contributed by atoms with Crippen LogP contribution in [0.25, 0.3) is 5.69 Å². The lowest BCUT2D eigenvalue weighted by molar-refractivity contribution is 0.414. The van der Waals surface area contributed by atoms with E-state index in [1.807, 2.05) is 80.8 Å². The van der Waals surface area contributed by atoms with Crippen LogP contribution < -0.4 is 9.47 Å². The van der Waals surface area contributed by atoms with Crippen molar-refractivity contribution in [3.63, 3.8) is 0 Å². The predicted molar refractivity (Wildman–Crippen MR) is 113 cm³/mol.